The van der Waals surface area contributed by atoms with Crippen molar-refractivity contribution in [1.29, 1.82) is 5.26 Å². The number of hydrogen-bond acceptors (Lipinski definition) is 4. The first-order valence-electron chi connectivity index (χ1n) is 5.93. The lowest BCUT2D eigenvalue weighted by molar-refractivity contribution is 0.0276. The van der Waals surface area contributed by atoms with Crippen molar-refractivity contribution in [2.45, 2.75) is 19.1 Å². The molecule has 0 spiro atoms. The van der Waals surface area contributed by atoms with Crippen LogP contribution in [0.25, 0.3) is 0 Å². The minimum atomic E-state index is 0.00962. The van der Waals surface area contributed by atoms with Crippen LogP contribution in [0.2, 0.25) is 0 Å². The number of ether oxygens (including phenoxy) is 1. The molecule has 1 fully saturated rings. The highest BCUT2D eigenvalue weighted by atomic mass is 79.9. The fourth-order valence-corrected chi connectivity index (χ4v) is 2.53. The first-order valence-corrected chi connectivity index (χ1v) is 6.72. The van der Waals surface area contributed by atoms with Crippen LogP contribution in [0.4, 0.5) is 5.69 Å². The van der Waals surface area contributed by atoms with Gasteiger partial charge in [-0.05, 0) is 25.1 Å². The summed E-state index contributed by atoms with van der Waals surface area (Å²) in [4.78, 5) is 2.21. The molecule has 0 aliphatic carbocycles. The summed E-state index contributed by atoms with van der Waals surface area (Å²) in [5, 5.41) is 8.99. The fraction of sp³-hybridized carbons (Fsp3) is 0.462. The van der Waals surface area contributed by atoms with E-state index in [4.69, 9.17) is 15.7 Å². The van der Waals surface area contributed by atoms with Gasteiger partial charge in [-0.2, -0.15) is 5.26 Å². The van der Waals surface area contributed by atoms with Gasteiger partial charge in [0.1, 0.15) is 0 Å². The van der Waals surface area contributed by atoms with Crippen LogP contribution in [-0.2, 0) is 4.74 Å². The third kappa shape index (κ3) is 3.02. The van der Waals surface area contributed by atoms with E-state index in [1.165, 1.54) is 0 Å². The number of nitrogens with zero attached hydrogens (tertiary/aromatic N) is 2. The smallest absolute Gasteiger partial charge is 0.0992 e. The number of morpholine rings is 1. The van der Waals surface area contributed by atoms with Gasteiger partial charge in [0.15, 0.2) is 0 Å². The van der Waals surface area contributed by atoms with Gasteiger partial charge >= 0.3 is 0 Å². The Morgan fingerprint density at radius 2 is 2.33 bits per heavy atom. The highest BCUT2D eigenvalue weighted by Gasteiger charge is 2.23. The zero-order chi connectivity index (χ0) is 13.1. The molecular formula is C13H16BrN3O. The van der Waals surface area contributed by atoms with Gasteiger partial charge in [-0.25, -0.2) is 0 Å². The van der Waals surface area contributed by atoms with Crippen molar-refractivity contribution in [2.75, 3.05) is 24.6 Å². The molecule has 1 aromatic carbocycles. The first-order chi connectivity index (χ1) is 8.60. The van der Waals surface area contributed by atoms with Crippen LogP contribution in [0.3, 0.4) is 0 Å². The third-order valence-corrected chi connectivity index (χ3v) is 3.51. The van der Waals surface area contributed by atoms with Gasteiger partial charge in [-0.15, -0.1) is 0 Å². The molecule has 0 bridgehead atoms. The molecule has 96 valence electrons. The van der Waals surface area contributed by atoms with Gasteiger partial charge < -0.3 is 15.4 Å². The lowest BCUT2D eigenvalue weighted by Crippen LogP contribution is -2.49. The molecule has 18 heavy (non-hydrogen) atoms. The summed E-state index contributed by atoms with van der Waals surface area (Å²) in [5.41, 5.74) is 7.57. The summed E-state index contributed by atoms with van der Waals surface area (Å²) in [5.74, 6) is 0. The normalized spacial score (nSPS) is 21.4. The number of nitrogens with two attached hydrogens (primary N) is 1. The van der Waals surface area contributed by atoms with Crippen LogP contribution in [-0.4, -0.2) is 31.8 Å². The Morgan fingerprint density at radius 3 is 3.00 bits per heavy atom. The third-order valence-electron chi connectivity index (χ3n) is 3.06. The second-order valence-electron chi connectivity index (χ2n) is 4.52. The second-order valence-corrected chi connectivity index (χ2v) is 5.44. The number of anilines is 1. The van der Waals surface area contributed by atoms with E-state index in [1.54, 1.807) is 0 Å². The molecule has 2 rings (SSSR count). The Bertz CT molecular complexity index is 470. The summed E-state index contributed by atoms with van der Waals surface area (Å²) >= 11 is 3.43. The van der Waals surface area contributed by atoms with Gasteiger partial charge in [0.05, 0.1) is 24.3 Å². The van der Waals surface area contributed by atoms with Gasteiger partial charge in [0.25, 0.3) is 0 Å². The van der Waals surface area contributed by atoms with Crippen LogP contribution in [0, 0.1) is 11.3 Å². The SMILES string of the molecule is CC(N)C1CN(c2cc(Br)cc(C#N)c2)CCO1. The summed E-state index contributed by atoms with van der Waals surface area (Å²) < 4.78 is 6.55. The minimum absolute atomic E-state index is 0.00962. The number of nitriles is 1. The number of benzene rings is 1. The Hall–Kier alpha value is -1.09. The monoisotopic (exact) mass is 309 g/mol. The average Bonchev–Trinajstić information content (AvgIpc) is 2.38. The Labute approximate surface area is 115 Å². The minimum Gasteiger partial charge on any atom is -0.373 e. The standard InChI is InChI=1S/C13H16BrN3O/c1-9(16)13-8-17(2-3-18-13)12-5-10(7-15)4-11(14)6-12/h4-6,9,13H,2-3,8,16H2,1H3. The maximum atomic E-state index is 8.99. The van der Waals surface area contributed by atoms with Crippen LogP contribution in [0.1, 0.15) is 12.5 Å². The molecule has 2 N–H and O–H groups in total. The maximum absolute atomic E-state index is 8.99. The van der Waals surface area contributed by atoms with Gasteiger partial charge in [0, 0.05) is 29.3 Å². The Kier molecular flexibility index (Phi) is 4.23. The number of halogens is 1. The molecule has 1 saturated heterocycles. The van der Waals surface area contributed by atoms with Crippen LogP contribution in [0.15, 0.2) is 22.7 Å². The molecule has 1 aliphatic heterocycles. The van der Waals surface area contributed by atoms with E-state index in [0.29, 0.717) is 12.2 Å². The Balaban J connectivity index is 2.21. The lowest BCUT2D eigenvalue weighted by atomic mass is 10.1. The second kappa shape index (κ2) is 5.70. The van der Waals surface area contributed by atoms with Crippen molar-refractivity contribution >= 4 is 21.6 Å². The molecule has 1 aliphatic rings. The predicted octanol–water partition coefficient (Wildman–Crippen LogP) is 1.87. The van der Waals surface area contributed by atoms with E-state index >= 15 is 0 Å². The zero-order valence-electron chi connectivity index (χ0n) is 10.3. The zero-order valence-corrected chi connectivity index (χ0v) is 11.9. The summed E-state index contributed by atoms with van der Waals surface area (Å²) in [6.45, 7) is 4.21. The molecule has 1 heterocycles. The van der Waals surface area contributed by atoms with Crippen molar-refractivity contribution in [3.63, 3.8) is 0 Å². The van der Waals surface area contributed by atoms with E-state index < -0.39 is 0 Å². The quantitative estimate of drug-likeness (QED) is 0.906. The van der Waals surface area contributed by atoms with Crippen LogP contribution >= 0.6 is 15.9 Å². The molecule has 5 heteroatoms. The number of rotatable bonds is 2. The van der Waals surface area contributed by atoms with E-state index in [1.807, 2.05) is 25.1 Å². The Morgan fingerprint density at radius 1 is 1.56 bits per heavy atom. The van der Waals surface area contributed by atoms with E-state index in [9.17, 15) is 0 Å². The van der Waals surface area contributed by atoms with Crippen molar-refractivity contribution in [3.8, 4) is 6.07 Å². The molecule has 0 amide bonds. The predicted molar refractivity (Wildman–Crippen MR) is 74.5 cm³/mol. The van der Waals surface area contributed by atoms with Crippen LogP contribution in [0.5, 0.6) is 0 Å². The van der Waals surface area contributed by atoms with Gasteiger partial charge in [-0.1, -0.05) is 15.9 Å². The first kappa shape index (κ1) is 13.3. The maximum Gasteiger partial charge on any atom is 0.0992 e. The van der Waals surface area contributed by atoms with Crippen molar-refractivity contribution in [2.24, 2.45) is 5.73 Å². The van der Waals surface area contributed by atoms with Crippen molar-refractivity contribution in [3.05, 3.63) is 28.2 Å². The molecule has 0 radical (unpaired) electrons. The van der Waals surface area contributed by atoms with E-state index in [-0.39, 0.29) is 12.1 Å². The fourth-order valence-electron chi connectivity index (χ4n) is 2.05. The lowest BCUT2D eigenvalue weighted by Gasteiger charge is -2.36. The highest BCUT2D eigenvalue weighted by Crippen LogP contribution is 2.24. The summed E-state index contributed by atoms with van der Waals surface area (Å²) in [6, 6.07) is 7.91. The molecule has 1 aromatic rings. The molecule has 2 unspecified atom stereocenters. The molecular weight excluding hydrogens is 294 g/mol. The number of hydrogen-bond donors (Lipinski definition) is 1. The van der Waals surface area contributed by atoms with Crippen molar-refractivity contribution in [1.82, 2.24) is 0 Å². The largest absolute Gasteiger partial charge is 0.373 e. The van der Waals surface area contributed by atoms with Gasteiger partial charge in [0.2, 0.25) is 0 Å². The topological polar surface area (TPSA) is 62.3 Å². The molecule has 2 atom stereocenters. The van der Waals surface area contributed by atoms with Crippen LogP contribution < -0.4 is 10.6 Å². The molecule has 4 nitrogen and oxygen atoms in total. The summed E-state index contributed by atoms with van der Waals surface area (Å²) in [6.07, 6.45) is 0.0447. The highest BCUT2D eigenvalue weighted by molar-refractivity contribution is 9.10. The molecule has 0 aromatic heterocycles. The van der Waals surface area contributed by atoms with E-state index in [2.05, 4.69) is 26.9 Å². The van der Waals surface area contributed by atoms with Gasteiger partial charge in [-0.3, -0.25) is 0 Å². The van der Waals surface area contributed by atoms with E-state index in [0.717, 1.165) is 23.2 Å². The average molecular weight is 310 g/mol. The summed E-state index contributed by atoms with van der Waals surface area (Å²) in [7, 11) is 0. The molecule has 0 saturated carbocycles. The van der Waals surface area contributed by atoms with Crippen molar-refractivity contribution < 1.29 is 4.74 Å².